The Morgan fingerprint density at radius 1 is 1.43 bits per heavy atom. The van der Waals surface area contributed by atoms with Crippen LogP contribution in [0.2, 0.25) is 0 Å². The number of aliphatic imine (C=N–C) groups is 1. The zero-order valence-corrected chi connectivity index (χ0v) is 8.31. The van der Waals surface area contributed by atoms with Gasteiger partial charge in [-0.15, -0.1) is 0 Å². The third-order valence-corrected chi connectivity index (χ3v) is 1.78. The van der Waals surface area contributed by atoms with Gasteiger partial charge in [-0.05, 0) is 19.4 Å². The van der Waals surface area contributed by atoms with Crippen molar-refractivity contribution < 1.29 is 9.53 Å². The molecule has 0 N–H and O–H groups in total. The molecule has 74 valence electrons. The van der Waals surface area contributed by atoms with E-state index in [1.54, 1.807) is 6.92 Å². The van der Waals surface area contributed by atoms with Gasteiger partial charge in [0, 0.05) is 6.21 Å². The summed E-state index contributed by atoms with van der Waals surface area (Å²) in [5.41, 5.74) is 0.965. The van der Waals surface area contributed by atoms with Gasteiger partial charge in [0.15, 0.2) is 0 Å². The fourth-order valence-corrected chi connectivity index (χ4v) is 1.08. The number of hydrogen-bond acceptors (Lipinski definition) is 2. The van der Waals surface area contributed by atoms with E-state index < -0.39 is 6.09 Å². The van der Waals surface area contributed by atoms with E-state index in [-0.39, 0.29) is 6.10 Å². The molecule has 1 aromatic rings. The highest BCUT2D eigenvalue weighted by Crippen LogP contribution is 2.16. The van der Waals surface area contributed by atoms with Crippen LogP contribution in [0.15, 0.2) is 35.3 Å². The summed E-state index contributed by atoms with van der Waals surface area (Å²) in [6.07, 6.45) is 0.608. The zero-order chi connectivity index (χ0) is 10.4. The average Bonchev–Trinajstić information content (AvgIpc) is 2.19. The lowest BCUT2D eigenvalue weighted by Gasteiger charge is -2.10. The van der Waals surface area contributed by atoms with Crippen LogP contribution in [0.4, 0.5) is 4.79 Å². The molecule has 0 aliphatic rings. The Labute approximate surface area is 83.4 Å². The summed E-state index contributed by atoms with van der Waals surface area (Å²) < 4.78 is 5.04. The molecule has 0 aromatic heterocycles. The second-order valence-electron chi connectivity index (χ2n) is 2.82. The van der Waals surface area contributed by atoms with Crippen molar-refractivity contribution in [1.29, 1.82) is 0 Å². The predicted molar refractivity (Wildman–Crippen MR) is 55.5 cm³/mol. The van der Waals surface area contributed by atoms with E-state index in [4.69, 9.17) is 4.74 Å². The highest BCUT2D eigenvalue weighted by Gasteiger charge is 2.08. The predicted octanol–water partition coefficient (Wildman–Crippen LogP) is 2.97. The quantitative estimate of drug-likeness (QED) is 0.674. The van der Waals surface area contributed by atoms with E-state index in [9.17, 15) is 4.79 Å². The van der Waals surface area contributed by atoms with Gasteiger partial charge in [0.2, 0.25) is 0 Å². The summed E-state index contributed by atoms with van der Waals surface area (Å²) in [5.74, 6) is 0. The molecule has 1 aromatic carbocycles. The maximum absolute atomic E-state index is 11.0. The average molecular weight is 191 g/mol. The molecule has 0 radical (unpaired) electrons. The molecule has 3 heteroatoms. The van der Waals surface area contributed by atoms with E-state index in [0.717, 1.165) is 5.56 Å². The minimum atomic E-state index is -0.552. The van der Waals surface area contributed by atoms with Gasteiger partial charge in [-0.3, -0.25) is 0 Å². The molecule has 0 unspecified atom stereocenters. The first-order valence-corrected chi connectivity index (χ1v) is 4.48. The number of hydrogen-bond donors (Lipinski definition) is 0. The number of rotatable bonds is 2. The number of nitrogens with zero attached hydrogens (tertiary/aromatic N) is 1. The molecule has 0 saturated heterocycles. The van der Waals surface area contributed by atoms with Crippen molar-refractivity contribution in [3.05, 3.63) is 35.9 Å². The van der Waals surface area contributed by atoms with E-state index in [1.165, 1.54) is 6.21 Å². The molecular weight excluding hydrogens is 178 g/mol. The molecule has 1 amide bonds. The third-order valence-electron chi connectivity index (χ3n) is 1.78. The molecule has 0 fully saturated rings. The SMILES string of the molecule is CC=NC(=O)O[C@@H](C)c1ccccc1. The van der Waals surface area contributed by atoms with Crippen molar-refractivity contribution >= 4 is 12.3 Å². The van der Waals surface area contributed by atoms with Crippen molar-refractivity contribution in [3.8, 4) is 0 Å². The highest BCUT2D eigenvalue weighted by atomic mass is 16.6. The Morgan fingerprint density at radius 3 is 2.64 bits per heavy atom. The lowest BCUT2D eigenvalue weighted by atomic mass is 10.1. The van der Waals surface area contributed by atoms with Gasteiger partial charge < -0.3 is 4.74 Å². The molecule has 14 heavy (non-hydrogen) atoms. The minimum absolute atomic E-state index is 0.257. The molecule has 1 atom stereocenters. The van der Waals surface area contributed by atoms with Gasteiger partial charge in [0.25, 0.3) is 0 Å². The third kappa shape index (κ3) is 3.01. The van der Waals surface area contributed by atoms with Crippen molar-refractivity contribution in [2.24, 2.45) is 4.99 Å². The van der Waals surface area contributed by atoms with Crippen molar-refractivity contribution in [1.82, 2.24) is 0 Å². The summed E-state index contributed by atoms with van der Waals surface area (Å²) in [4.78, 5) is 14.5. The zero-order valence-electron chi connectivity index (χ0n) is 8.31. The number of carbonyl (C=O) groups is 1. The Hall–Kier alpha value is -1.64. The molecule has 0 heterocycles. The fraction of sp³-hybridized carbons (Fsp3) is 0.273. The molecule has 0 aliphatic carbocycles. The van der Waals surface area contributed by atoms with Crippen LogP contribution in [-0.2, 0) is 4.74 Å². The van der Waals surface area contributed by atoms with Crippen LogP contribution in [-0.4, -0.2) is 12.3 Å². The Morgan fingerprint density at radius 2 is 2.07 bits per heavy atom. The summed E-state index contributed by atoms with van der Waals surface area (Å²) in [5, 5.41) is 0. The summed E-state index contributed by atoms with van der Waals surface area (Å²) >= 11 is 0. The molecule has 1 rings (SSSR count). The van der Waals surface area contributed by atoms with Crippen molar-refractivity contribution in [2.75, 3.05) is 0 Å². The van der Waals surface area contributed by atoms with Crippen LogP contribution in [0.3, 0.4) is 0 Å². The number of carbonyl (C=O) groups excluding carboxylic acids is 1. The van der Waals surface area contributed by atoms with Gasteiger partial charge in [0.1, 0.15) is 6.10 Å². The smallest absolute Gasteiger partial charge is 0.433 e. The first-order valence-electron chi connectivity index (χ1n) is 4.48. The summed E-state index contributed by atoms with van der Waals surface area (Å²) in [6.45, 7) is 3.49. The van der Waals surface area contributed by atoms with Crippen LogP contribution in [0, 0.1) is 0 Å². The molecule has 0 saturated carbocycles. The first kappa shape index (κ1) is 10.4. The van der Waals surface area contributed by atoms with E-state index in [0.29, 0.717) is 0 Å². The topological polar surface area (TPSA) is 38.7 Å². The first-order chi connectivity index (χ1) is 6.74. The maximum atomic E-state index is 11.0. The number of ether oxygens (including phenoxy) is 1. The molecule has 3 nitrogen and oxygen atoms in total. The lowest BCUT2D eigenvalue weighted by molar-refractivity contribution is 0.117. The molecule has 0 bridgehead atoms. The van der Waals surface area contributed by atoms with Crippen LogP contribution in [0.25, 0.3) is 0 Å². The number of benzene rings is 1. The fourth-order valence-electron chi connectivity index (χ4n) is 1.08. The highest BCUT2D eigenvalue weighted by molar-refractivity contribution is 5.78. The molecule has 0 spiro atoms. The van der Waals surface area contributed by atoms with Crippen LogP contribution in [0.5, 0.6) is 0 Å². The molecular formula is C11H13NO2. The van der Waals surface area contributed by atoms with E-state index in [2.05, 4.69) is 4.99 Å². The van der Waals surface area contributed by atoms with Gasteiger partial charge in [-0.2, -0.15) is 4.99 Å². The Bertz CT molecular complexity index is 319. The summed E-state index contributed by atoms with van der Waals surface area (Å²) in [7, 11) is 0. The second kappa shape index (κ2) is 5.17. The van der Waals surface area contributed by atoms with E-state index in [1.807, 2.05) is 37.3 Å². The normalized spacial score (nSPS) is 12.7. The van der Waals surface area contributed by atoms with Gasteiger partial charge in [-0.25, -0.2) is 4.79 Å². The number of amides is 1. The van der Waals surface area contributed by atoms with Crippen LogP contribution < -0.4 is 0 Å². The molecule has 0 aliphatic heterocycles. The monoisotopic (exact) mass is 191 g/mol. The Kier molecular flexibility index (Phi) is 3.85. The lowest BCUT2D eigenvalue weighted by Crippen LogP contribution is -2.04. The van der Waals surface area contributed by atoms with Crippen LogP contribution >= 0.6 is 0 Å². The van der Waals surface area contributed by atoms with Crippen molar-refractivity contribution in [3.63, 3.8) is 0 Å². The standard InChI is InChI=1S/C11H13NO2/c1-3-12-11(13)14-9(2)10-7-5-4-6-8-10/h3-9H,1-2H3/t9-/m0/s1. The van der Waals surface area contributed by atoms with Crippen LogP contribution in [0.1, 0.15) is 25.5 Å². The van der Waals surface area contributed by atoms with E-state index >= 15 is 0 Å². The minimum Gasteiger partial charge on any atom is -0.440 e. The Balaban J connectivity index is 2.59. The van der Waals surface area contributed by atoms with Gasteiger partial charge in [0.05, 0.1) is 0 Å². The summed E-state index contributed by atoms with van der Waals surface area (Å²) in [6, 6.07) is 9.55. The van der Waals surface area contributed by atoms with Crippen molar-refractivity contribution in [2.45, 2.75) is 20.0 Å². The largest absolute Gasteiger partial charge is 0.440 e. The van der Waals surface area contributed by atoms with Gasteiger partial charge in [-0.1, -0.05) is 30.3 Å². The van der Waals surface area contributed by atoms with Gasteiger partial charge >= 0.3 is 6.09 Å². The second-order valence-corrected chi connectivity index (χ2v) is 2.82. The maximum Gasteiger partial charge on any atom is 0.433 e.